The molecule has 0 saturated heterocycles. The maximum atomic E-state index is 10.7. The predicted octanol–water partition coefficient (Wildman–Crippen LogP) is 2.13. The fourth-order valence-electron chi connectivity index (χ4n) is 0.712. The topological polar surface area (TPSA) is 73.1 Å². The Hall–Kier alpha value is -1.01. The number of carbonyl (C=O) groups is 1. The lowest BCUT2D eigenvalue weighted by molar-refractivity contribution is -0.385. The van der Waals surface area contributed by atoms with Crippen molar-refractivity contribution in [3.63, 3.8) is 0 Å². The van der Waals surface area contributed by atoms with Gasteiger partial charge in [0.15, 0.2) is 0 Å². The molecule has 0 aromatic carbocycles. The van der Waals surface area contributed by atoms with Crippen molar-refractivity contribution in [3.8, 4) is 0 Å². The molecule has 0 radical (unpaired) electrons. The zero-order valence-corrected chi connectivity index (χ0v) is 8.37. The Kier molecular flexibility index (Phi) is 2.94. The summed E-state index contributed by atoms with van der Waals surface area (Å²) in [4.78, 5) is 24.0. The van der Waals surface area contributed by atoms with Crippen LogP contribution in [-0.4, -0.2) is 15.1 Å². The third-order valence-corrected chi connectivity index (χ3v) is 2.21. The van der Waals surface area contributed by atoms with Crippen molar-refractivity contribution < 1.29 is 9.72 Å². The van der Waals surface area contributed by atoms with E-state index in [1.807, 2.05) is 0 Å². The van der Waals surface area contributed by atoms with Gasteiger partial charge in [0.2, 0.25) is 0 Å². The number of carbonyl (C=O) groups excluding carboxylic acids is 1. The number of hydrogen-bond donors (Lipinski definition) is 0. The number of hydrogen-bond acceptors (Lipinski definition) is 4. The summed E-state index contributed by atoms with van der Waals surface area (Å²) in [6.45, 7) is 0. The highest BCUT2D eigenvalue weighted by atomic mass is 79.9. The van der Waals surface area contributed by atoms with Crippen LogP contribution in [0.15, 0.2) is 16.7 Å². The molecule has 68 valence electrons. The summed E-state index contributed by atoms with van der Waals surface area (Å²) < 4.78 is 0.000000000000000444. The van der Waals surface area contributed by atoms with Crippen LogP contribution in [0.1, 0.15) is 10.5 Å². The summed E-state index contributed by atoms with van der Waals surface area (Å²) >= 11 is 8.00. The van der Waals surface area contributed by atoms with E-state index >= 15 is 0 Å². The smallest absolute Gasteiger partial charge is 0.274 e. The van der Waals surface area contributed by atoms with Crippen LogP contribution < -0.4 is 0 Å². The minimum absolute atomic E-state index is 0.000000000000000444. The van der Waals surface area contributed by atoms with Gasteiger partial charge in [0.25, 0.3) is 10.9 Å². The van der Waals surface area contributed by atoms with Gasteiger partial charge in [-0.25, -0.2) is 0 Å². The predicted molar refractivity (Wildman–Crippen MR) is 48.8 cm³/mol. The van der Waals surface area contributed by atoms with Crippen LogP contribution in [0, 0.1) is 10.1 Å². The number of nitrogens with zero attached hydrogens (tertiary/aromatic N) is 2. The van der Waals surface area contributed by atoms with Gasteiger partial charge < -0.3 is 0 Å². The molecule has 13 heavy (non-hydrogen) atoms. The first-order valence-electron chi connectivity index (χ1n) is 3.02. The van der Waals surface area contributed by atoms with Crippen molar-refractivity contribution in [2.24, 2.45) is 0 Å². The first-order valence-corrected chi connectivity index (χ1v) is 4.20. The van der Waals surface area contributed by atoms with Gasteiger partial charge in [-0.1, -0.05) is 0 Å². The van der Waals surface area contributed by atoms with E-state index in [1.165, 1.54) is 6.07 Å². The van der Waals surface area contributed by atoms with E-state index in [0.717, 1.165) is 6.20 Å². The summed E-state index contributed by atoms with van der Waals surface area (Å²) in [5.74, 6) is 0. The summed E-state index contributed by atoms with van der Waals surface area (Å²) in [7, 11) is 0. The molecule has 0 amide bonds. The highest BCUT2D eigenvalue weighted by Crippen LogP contribution is 2.27. The van der Waals surface area contributed by atoms with Gasteiger partial charge in [-0.15, -0.1) is 0 Å². The molecule has 0 unspecified atom stereocenters. The summed E-state index contributed by atoms with van der Waals surface area (Å²) in [6.07, 6.45) is 1.15. The molecule has 5 nitrogen and oxygen atoms in total. The third kappa shape index (κ3) is 2.02. The van der Waals surface area contributed by atoms with Crippen molar-refractivity contribution in [1.82, 2.24) is 4.98 Å². The van der Waals surface area contributed by atoms with Gasteiger partial charge >= 0.3 is 0 Å². The van der Waals surface area contributed by atoms with Gasteiger partial charge in [-0.05, 0) is 27.5 Å². The fourth-order valence-corrected chi connectivity index (χ4v) is 1.53. The van der Waals surface area contributed by atoms with Crippen molar-refractivity contribution >= 4 is 38.5 Å². The molecule has 1 heterocycles. The zero-order valence-electron chi connectivity index (χ0n) is 6.03. The average Bonchev–Trinajstić information content (AvgIpc) is 2.03. The molecular formula is C6H2BrClN2O3. The number of nitro groups is 1. The van der Waals surface area contributed by atoms with E-state index in [-0.39, 0.29) is 15.9 Å². The SMILES string of the molecule is O=C(Cl)c1nccc([N+](=O)[O-])c1Br. The van der Waals surface area contributed by atoms with E-state index in [9.17, 15) is 14.9 Å². The molecule has 1 aromatic heterocycles. The Labute approximate surface area is 86.0 Å². The highest BCUT2D eigenvalue weighted by molar-refractivity contribution is 9.10. The van der Waals surface area contributed by atoms with Crippen LogP contribution in [0.2, 0.25) is 0 Å². The minimum Gasteiger partial charge on any atom is -0.274 e. The van der Waals surface area contributed by atoms with Gasteiger partial charge in [-0.2, -0.15) is 0 Å². The first kappa shape index (κ1) is 10.1. The second-order valence-corrected chi connectivity index (χ2v) is 3.16. The lowest BCUT2D eigenvalue weighted by Crippen LogP contribution is -1.99. The third-order valence-electron chi connectivity index (χ3n) is 1.25. The van der Waals surface area contributed by atoms with Crippen molar-refractivity contribution in [2.75, 3.05) is 0 Å². The summed E-state index contributed by atoms with van der Waals surface area (Å²) in [5, 5.41) is 9.55. The van der Waals surface area contributed by atoms with E-state index < -0.39 is 10.2 Å². The van der Waals surface area contributed by atoms with Crippen LogP contribution in [0.3, 0.4) is 0 Å². The lowest BCUT2D eigenvalue weighted by atomic mass is 10.3. The molecule has 0 bridgehead atoms. The second-order valence-electron chi connectivity index (χ2n) is 2.02. The Morgan fingerprint density at radius 3 is 2.77 bits per heavy atom. The van der Waals surface area contributed by atoms with Crippen LogP contribution in [0.5, 0.6) is 0 Å². The average molecular weight is 265 g/mol. The molecular weight excluding hydrogens is 263 g/mol. The van der Waals surface area contributed by atoms with Crippen LogP contribution in [0.4, 0.5) is 5.69 Å². The van der Waals surface area contributed by atoms with Crippen molar-refractivity contribution in [1.29, 1.82) is 0 Å². The minimum atomic E-state index is -0.837. The molecule has 0 saturated carbocycles. The van der Waals surface area contributed by atoms with E-state index in [2.05, 4.69) is 20.9 Å². The Balaban J connectivity index is 3.35. The summed E-state index contributed by atoms with van der Waals surface area (Å²) in [6, 6.07) is 1.17. The standard InChI is InChI=1S/C6H2BrClN2O3/c7-4-3(10(12)13)1-2-9-5(4)6(8)11/h1-2H. The second kappa shape index (κ2) is 3.80. The van der Waals surface area contributed by atoms with Gasteiger partial charge in [0, 0.05) is 12.3 Å². The van der Waals surface area contributed by atoms with E-state index in [1.54, 1.807) is 0 Å². The van der Waals surface area contributed by atoms with E-state index in [0.29, 0.717) is 0 Å². The van der Waals surface area contributed by atoms with Crippen molar-refractivity contribution in [3.05, 3.63) is 32.5 Å². The van der Waals surface area contributed by atoms with E-state index in [4.69, 9.17) is 11.6 Å². The largest absolute Gasteiger partial charge is 0.287 e. The molecule has 0 spiro atoms. The first-order chi connectivity index (χ1) is 6.04. The Morgan fingerprint density at radius 1 is 1.69 bits per heavy atom. The molecule has 1 aromatic rings. The number of aromatic nitrogens is 1. The normalized spacial score (nSPS) is 9.69. The molecule has 7 heteroatoms. The quantitative estimate of drug-likeness (QED) is 0.466. The molecule has 1 rings (SSSR count). The summed E-state index contributed by atoms with van der Waals surface area (Å²) in [5.41, 5.74) is -0.394. The van der Waals surface area contributed by atoms with Gasteiger partial charge in [0.05, 0.1) is 4.92 Å². The van der Waals surface area contributed by atoms with Crippen LogP contribution >= 0.6 is 27.5 Å². The van der Waals surface area contributed by atoms with Crippen molar-refractivity contribution in [2.45, 2.75) is 0 Å². The number of halogens is 2. The molecule has 0 N–H and O–H groups in total. The van der Waals surface area contributed by atoms with Gasteiger partial charge in [-0.3, -0.25) is 19.9 Å². The monoisotopic (exact) mass is 264 g/mol. The Morgan fingerprint density at radius 2 is 2.31 bits per heavy atom. The van der Waals surface area contributed by atoms with Crippen LogP contribution in [-0.2, 0) is 0 Å². The maximum absolute atomic E-state index is 10.7. The molecule has 0 aliphatic heterocycles. The maximum Gasteiger partial charge on any atom is 0.287 e. The molecule has 0 aliphatic carbocycles. The van der Waals surface area contributed by atoms with Gasteiger partial charge in [0.1, 0.15) is 10.2 Å². The molecule has 0 atom stereocenters. The zero-order chi connectivity index (χ0) is 10.0. The Bertz CT molecular complexity index is 350. The lowest BCUT2D eigenvalue weighted by Gasteiger charge is -1.97. The molecule has 0 aliphatic rings. The highest BCUT2D eigenvalue weighted by Gasteiger charge is 2.19. The number of rotatable bonds is 2. The van der Waals surface area contributed by atoms with Crippen LogP contribution in [0.25, 0.3) is 0 Å². The fraction of sp³-hybridized carbons (Fsp3) is 0. The molecule has 0 fully saturated rings. The number of pyridine rings is 1.